The third kappa shape index (κ3) is 3.32. The highest BCUT2D eigenvalue weighted by Gasteiger charge is 2.37. The number of carbonyl (C=O) groups is 2. The maximum absolute atomic E-state index is 13.7. The number of aromatic nitrogens is 2. The standard InChI is InChI=1S/C30H31N3O4/c1-6-16-19-11-24-28-20(12-33(24)29(35)21(19)13-37-30(16)36)27-22(31-25(34)7-2)9-8-17-15(5)18(14(3)4)10-23(32-28)26(17)27/h7,10-11,14,16,22H,2,6,8-9,12-13H2,1,3-5H3,(H,31,34). The van der Waals surface area contributed by atoms with Crippen LogP contribution < -0.4 is 10.9 Å². The molecule has 0 radical (unpaired) electrons. The summed E-state index contributed by atoms with van der Waals surface area (Å²) in [5, 5.41) is 4.23. The first-order chi connectivity index (χ1) is 17.7. The molecule has 2 atom stereocenters. The average Bonchev–Trinajstić information content (AvgIpc) is 3.24. The summed E-state index contributed by atoms with van der Waals surface area (Å²) in [7, 11) is 0. The number of carbonyl (C=O) groups excluding carboxylic acids is 2. The van der Waals surface area contributed by atoms with Gasteiger partial charge in [0, 0.05) is 10.9 Å². The first-order valence-electron chi connectivity index (χ1n) is 13.1. The minimum atomic E-state index is -0.452. The van der Waals surface area contributed by atoms with Crippen LogP contribution in [0.25, 0.3) is 22.3 Å². The van der Waals surface area contributed by atoms with E-state index < -0.39 is 5.92 Å². The van der Waals surface area contributed by atoms with Gasteiger partial charge in [-0.1, -0.05) is 27.4 Å². The lowest BCUT2D eigenvalue weighted by atomic mass is 9.79. The summed E-state index contributed by atoms with van der Waals surface area (Å²) in [6, 6.07) is 3.95. The number of esters is 1. The lowest BCUT2D eigenvalue weighted by Gasteiger charge is -2.30. The molecule has 7 heteroatoms. The molecule has 0 saturated carbocycles. The zero-order valence-electron chi connectivity index (χ0n) is 21.7. The zero-order valence-corrected chi connectivity index (χ0v) is 21.7. The number of amides is 1. The van der Waals surface area contributed by atoms with Crippen molar-refractivity contribution in [3.05, 3.63) is 74.1 Å². The molecule has 1 N–H and O–H groups in total. The van der Waals surface area contributed by atoms with Crippen molar-refractivity contribution in [2.24, 2.45) is 0 Å². The monoisotopic (exact) mass is 497 g/mol. The van der Waals surface area contributed by atoms with E-state index >= 15 is 0 Å². The van der Waals surface area contributed by atoms with Crippen molar-refractivity contribution in [1.82, 2.24) is 14.9 Å². The summed E-state index contributed by atoms with van der Waals surface area (Å²) >= 11 is 0. The Hall–Kier alpha value is -3.74. The van der Waals surface area contributed by atoms with Crippen molar-refractivity contribution in [3.8, 4) is 11.4 Å². The lowest BCUT2D eigenvalue weighted by Crippen LogP contribution is -2.32. The number of fused-ring (bicyclic) bond motifs is 5. The summed E-state index contributed by atoms with van der Waals surface area (Å²) in [6.07, 6.45) is 3.48. The molecule has 190 valence electrons. The van der Waals surface area contributed by atoms with Crippen LogP contribution in [0.5, 0.6) is 0 Å². The SMILES string of the molecule is C=CC(=O)NC1CCc2c(C)c(C(C)C)cc3nc4c(c1c23)Cn1c-4cc2c(c1=O)COC(=O)C2CC. The van der Waals surface area contributed by atoms with Crippen molar-refractivity contribution in [2.75, 3.05) is 0 Å². The van der Waals surface area contributed by atoms with Crippen molar-refractivity contribution in [1.29, 1.82) is 0 Å². The quantitative estimate of drug-likeness (QED) is 0.326. The van der Waals surface area contributed by atoms with E-state index in [1.807, 2.05) is 13.0 Å². The van der Waals surface area contributed by atoms with Crippen molar-refractivity contribution in [3.63, 3.8) is 0 Å². The maximum Gasteiger partial charge on any atom is 0.313 e. The van der Waals surface area contributed by atoms with Gasteiger partial charge >= 0.3 is 5.97 Å². The summed E-state index contributed by atoms with van der Waals surface area (Å²) < 4.78 is 7.11. The molecular weight excluding hydrogens is 466 g/mol. The number of nitrogens with zero attached hydrogens (tertiary/aromatic N) is 2. The third-order valence-electron chi connectivity index (χ3n) is 8.42. The summed E-state index contributed by atoms with van der Waals surface area (Å²) in [5.41, 5.74) is 9.41. The van der Waals surface area contributed by atoms with Crippen LogP contribution in [0.4, 0.5) is 0 Å². The Morgan fingerprint density at radius 1 is 1.27 bits per heavy atom. The molecule has 1 amide bonds. The van der Waals surface area contributed by atoms with Gasteiger partial charge in [-0.25, -0.2) is 4.98 Å². The molecule has 1 aliphatic carbocycles. The van der Waals surface area contributed by atoms with Gasteiger partial charge in [0.1, 0.15) is 6.61 Å². The van der Waals surface area contributed by atoms with Gasteiger partial charge in [-0.15, -0.1) is 0 Å². The molecule has 2 aliphatic heterocycles. The maximum atomic E-state index is 13.7. The first-order valence-corrected chi connectivity index (χ1v) is 13.1. The fourth-order valence-electron chi connectivity index (χ4n) is 6.61. The topological polar surface area (TPSA) is 90.3 Å². The molecule has 1 aromatic carbocycles. The molecule has 6 rings (SSSR count). The number of cyclic esters (lactones) is 1. The highest BCUT2D eigenvalue weighted by Crippen LogP contribution is 2.46. The number of aryl methyl sites for hydroxylation is 1. The normalized spacial score (nSPS) is 19.3. The smallest absolute Gasteiger partial charge is 0.313 e. The molecule has 0 fully saturated rings. The summed E-state index contributed by atoms with van der Waals surface area (Å²) in [4.78, 5) is 43.7. The molecule has 3 aromatic rings. The number of rotatable bonds is 4. The number of ether oxygens (including phenoxy) is 1. The molecule has 3 aliphatic rings. The van der Waals surface area contributed by atoms with E-state index in [0.29, 0.717) is 24.4 Å². The van der Waals surface area contributed by atoms with Gasteiger partial charge in [-0.2, -0.15) is 0 Å². The lowest BCUT2D eigenvalue weighted by molar-refractivity contribution is -0.148. The van der Waals surface area contributed by atoms with E-state index in [9.17, 15) is 14.4 Å². The van der Waals surface area contributed by atoms with Gasteiger partial charge in [0.05, 0.1) is 41.0 Å². The molecule has 2 unspecified atom stereocenters. The van der Waals surface area contributed by atoms with E-state index in [-0.39, 0.29) is 30.1 Å². The highest BCUT2D eigenvalue weighted by molar-refractivity contribution is 5.95. The van der Waals surface area contributed by atoms with Gasteiger partial charge in [0.2, 0.25) is 5.91 Å². The first kappa shape index (κ1) is 23.6. The fraction of sp³-hybridized carbons (Fsp3) is 0.400. The van der Waals surface area contributed by atoms with Gasteiger partial charge in [-0.05, 0) is 78.1 Å². The highest BCUT2D eigenvalue weighted by atomic mass is 16.5. The van der Waals surface area contributed by atoms with Crippen LogP contribution in [0.15, 0.2) is 29.6 Å². The Kier molecular flexibility index (Phi) is 5.37. The van der Waals surface area contributed by atoms with Crippen LogP contribution in [0.1, 0.15) is 90.4 Å². The summed E-state index contributed by atoms with van der Waals surface area (Å²) in [5.74, 6) is -0.609. The van der Waals surface area contributed by atoms with Crippen LogP contribution in [0.2, 0.25) is 0 Å². The number of hydrogen-bond donors (Lipinski definition) is 1. The minimum absolute atomic E-state index is 0.00148. The van der Waals surface area contributed by atoms with E-state index in [2.05, 4.69) is 38.7 Å². The molecule has 2 aromatic heterocycles. The summed E-state index contributed by atoms with van der Waals surface area (Å²) in [6.45, 7) is 12.5. The number of hydrogen-bond acceptors (Lipinski definition) is 5. The molecule has 0 spiro atoms. The van der Waals surface area contributed by atoms with Crippen LogP contribution >= 0.6 is 0 Å². The van der Waals surface area contributed by atoms with E-state index in [1.165, 1.54) is 22.8 Å². The van der Waals surface area contributed by atoms with E-state index in [1.54, 1.807) is 4.57 Å². The number of benzene rings is 1. The second-order valence-electron chi connectivity index (χ2n) is 10.7. The Bertz CT molecular complexity index is 1600. The Morgan fingerprint density at radius 3 is 2.76 bits per heavy atom. The van der Waals surface area contributed by atoms with Crippen molar-refractivity contribution < 1.29 is 14.3 Å². The fourth-order valence-corrected chi connectivity index (χ4v) is 6.61. The van der Waals surface area contributed by atoms with Gasteiger partial charge in [0.25, 0.3) is 5.56 Å². The third-order valence-corrected chi connectivity index (χ3v) is 8.42. The van der Waals surface area contributed by atoms with Crippen LogP contribution in [0.3, 0.4) is 0 Å². The van der Waals surface area contributed by atoms with Crippen LogP contribution in [-0.4, -0.2) is 21.4 Å². The Labute approximate surface area is 215 Å². The molecule has 0 saturated heterocycles. The Balaban J connectivity index is 1.67. The molecule has 4 heterocycles. The van der Waals surface area contributed by atoms with E-state index in [0.717, 1.165) is 51.8 Å². The van der Waals surface area contributed by atoms with Gasteiger partial charge in [-0.3, -0.25) is 14.4 Å². The zero-order chi connectivity index (χ0) is 26.2. The second-order valence-corrected chi connectivity index (χ2v) is 10.7. The largest absolute Gasteiger partial charge is 0.460 e. The average molecular weight is 498 g/mol. The predicted octanol–water partition coefficient (Wildman–Crippen LogP) is 4.70. The predicted molar refractivity (Wildman–Crippen MR) is 142 cm³/mol. The van der Waals surface area contributed by atoms with E-state index in [4.69, 9.17) is 9.72 Å². The molecule has 0 bridgehead atoms. The number of pyridine rings is 2. The number of nitrogens with one attached hydrogen (secondary N) is 1. The van der Waals surface area contributed by atoms with Crippen molar-refractivity contribution >= 4 is 22.8 Å². The van der Waals surface area contributed by atoms with Gasteiger partial charge in [0.15, 0.2) is 0 Å². The molecular formula is C30H31N3O4. The molecule has 37 heavy (non-hydrogen) atoms. The Morgan fingerprint density at radius 2 is 2.05 bits per heavy atom. The van der Waals surface area contributed by atoms with Gasteiger partial charge < -0.3 is 14.6 Å². The molecule has 7 nitrogen and oxygen atoms in total. The van der Waals surface area contributed by atoms with Crippen LogP contribution in [0, 0.1) is 6.92 Å². The second kappa shape index (κ2) is 8.40. The van der Waals surface area contributed by atoms with Crippen LogP contribution in [-0.2, 0) is 33.9 Å². The minimum Gasteiger partial charge on any atom is -0.460 e. The van der Waals surface area contributed by atoms with Crippen molar-refractivity contribution in [2.45, 2.75) is 78.0 Å².